The summed E-state index contributed by atoms with van der Waals surface area (Å²) < 4.78 is 0. The van der Waals surface area contributed by atoms with Crippen molar-refractivity contribution < 1.29 is 14.7 Å². The van der Waals surface area contributed by atoms with Gasteiger partial charge in [-0.3, -0.25) is 20.3 Å². The number of halogens is 1. The van der Waals surface area contributed by atoms with Crippen molar-refractivity contribution in [1.82, 2.24) is 20.6 Å². The first-order valence-electron chi connectivity index (χ1n) is 11.5. The van der Waals surface area contributed by atoms with Crippen LogP contribution >= 0.6 is 11.6 Å². The number of anilines is 2. The number of amides is 1. The summed E-state index contributed by atoms with van der Waals surface area (Å²) in [6.07, 6.45) is 3.16. The largest absolute Gasteiger partial charge is 0.389 e. The van der Waals surface area contributed by atoms with Gasteiger partial charge in [-0.15, -0.1) is 0 Å². The Morgan fingerprint density at radius 3 is 2.42 bits per heavy atom. The van der Waals surface area contributed by atoms with Crippen molar-refractivity contribution in [3.05, 3.63) is 58.4 Å². The number of benzene rings is 2. The molecule has 3 aromatic rings. The van der Waals surface area contributed by atoms with Crippen LogP contribution in [0.15, 0.2) is 36.4 Å². The van der Waals surface area contributed by atoms with Crippen LogP contribution < -0.4 is 22.1 Å². The minimum Gasteiger partial charge on any atom is -0.389 e. The summed E-state index contributed by atoms with van der Waals surface area (Å²) in [5, 5.41) is 24.2. The number of guanidine groups is 1. The maximum Gasteiger partial charge on any atom is 0.280 e. The SMILES string of the molecule is C[C@@H](Cc1ccc2cc(CCCCNC(=N)NC(=O)c3nc(Cl)c(N)nc3N)ccc2c1)C(=O)CO. The number of ketones is 1. The minimum atomic E-state index is -0.701. The van der Waals surface area contributed by atoms with Crippen LogP contribution in [0.2, 0.25) is 5.15 Å². The van der Waals surface area contributed by atoms with Crippen LogP contribution in [0.1, 0.15) is 41.4 Å². The van der Waals surface area contributed by atoms with Gasteiger partial charge in [0.25, 0.3) is 5.91 Å². The zero-order valence-corrected chi connectivity index (χ0v) is 20.7. The molecule has 2 aromatic carbocycles. The van der Waals surface area contributed by atoms with Crippen molar-refractivity contribution in [2.24, 2.45) is 5.92 Å². The highest BCUT2D eigenvalue weighted by molar-refractivity contribution is 6.31. The molecule has 1 amide bonds. The molecule has 1 aromatic heterocycles. The number of hydrogen-bond acceptors (Lipinski definition) is 8. The van der Waals surface area contributed by atoms with Gasteiger partial charge < -0.3 is 21.9 Å². The number of nitrogens with zero attached hydrogens (tertiary/aromatic N) is 2. The molecule has 0 aliphatic carbocycles. The Labute approximate surface area is 214 Å². The number of aliphatic hydroxyl groups is 1. The molecule has 0 saturated heterocycles. The van der Waals surface area contributed by atoms with Crippen molar-refractivity contribution >= 4 is 51.7 Å². The number of fused-ring (bicyclic) bond motifs is 1. The van der Waals surface area contributed by atoms with Gasteiger partial charge in [-0.2, -0.15) is 0 Å². The van der Waals surface area contributed by atoms with E-state index in [4.69, 9.17) is 33.6 Å². The van der Waals surface area contributed by atoms with E-state index in [1.54, 1.807) is 0 Å². The van der Waals surface area contributed by atoms with E-state index in [1.807, 2.05) is 13.0 Å². The second-order valence-electron chi connectivity index (χ2n) is 8.59. The average molecular weight is 512 g/mol. The molecule has 0 bridgehead atoms. The number of unbranched alkanes of at least 4 members (excludes halogenated alkanes) is 1. The number of aromatic nitrogens is 2. The number of nitrogens with one attached hydrogen (secondary N) is 3. The van der Waals surface area contributed by atoms with Gasteiger partial charge in [-0.25, -0.2) is 9.97 Å². The molecule has 0 aliphatic heterocycles. The number of carbonyl (C=O) groups excluding carboxylic acids is 2. The molecule has 1 atom stereocenters. The third kappa shape index (κ3) is 7.12. The Kier molecular flexibility index (Phi) is 9.15. The van der Waals surface area contributed by atoms with Gasteiger partial charge in [0.1, 0.15) is 6.61 Å². The Hall–Kier alpha value is -3.76. The minimum absolute atomic E-state index is 0.0725. The van der Waals surface area contributed by atoms with E-state index in [9.17, 15) is 9.59 Å². The zero-order chi connectivity index (χ0) is 26.2. The van der Waals surface area contributed by atoms with Crippen LogP contribution in [0.5, 0.6) is 0 Å². The molecule has 0 radical (unpaired) electrons. The predicted molar refractivity (Wildman–Crippen MR) is 141 cm³/mol. The first-order chi connectivity index (χ1) is 17.2. The second kappa shape index (κ2) is 12.3. The lowest BCUT2D eigenvalue weighted by molar-refractivity contribution is -0.125. The van der Waals surface area contributed by atoms with E-state index in [0.29, 0.717) is 13.0 Å². The van der Waals surface area contributed by atoms with Gasteiger partial charge in [-0.05, 0) is 47.6 Å². The van der Waals surface area contributed by atoms with E-state index >= 15 is 0 Å². The number of nitrogen functional groups attached to an aromatic ring is 2. The maximum absolute atomic E-state index is 12.2. The van der Waals surface area contributed by atoms with Gasteiger partial charge in [0.15, 0.2) is 34.2 Å². The van der Waals surface area contributed by atoms with E-state index < -0.39 is 12.5 Å². The van der Waals surface area contributed by atoms with Crippen molar-refractivity contribution in [3.63, 3.8) is 0 Å². The number of carbonyl (C=O) groups is 2. The molecular weight excluding hydrogens is 482 g/mol. The standard InChI is InChI=1S/C25H30ClN7O3/c1-14(19(35)13-34)10-16-6-8-17-11-15(5-7-18(17)12-16)4-2-3-9-30-25(29)33-24(36)20-22(27)32-23(28)21(26)31-20/h5-8,11-12,14,34H,2-4,9-10,13H2,1H3,(H4,27,28,32)(H3,29,30,33,36)/t14-/m0/s1. The molecule has 11 heteroatoms. The highest BCUT2D eigenvalue weighted by Gasteiger charge is 2.17. The lowest BCUT2D eigenvalue weighted by atomic mass is 9.95. The Morgan fingerprint density at radius 1 is 1.06 bits per heavy atom. The van der Waals surface area contributed by atoms with Crippen LogP contribution in [-0.2, 0) is 17.6 Å². The van der Waals surface area contributed by atoms with Crippen LogP contribution in [0.4, 0.5) is 11.6 Å². The molecule has 190 valence electrons. The normalized spacial score (nSPS) is 11.8. The molecule has 0 saturated carbocycles. The number of hydrogen-bond donors (Lipinski definition) is 6. The lowest BCUT2D eigenvalue weighted by Crippen LogP contribution is -2.41. The Bertz CT molecular complexity index is 1280. The first kappa shape index (κ1) is 26.8. The number of aliphatic hydroxyl groups excluding tert-OH is 1. The summed E-state index contributed by atoms with van der Waals surface area (Å²) >= 11 is 5.79. The third-order valence-corrected chi connectivity index (χ3v) is 6.05. The molecule has 3 rings (SSSR count). The van der Waals surface area contributed by atoms with Crippen LogP contribution in [-0.4, -0.2) is 45.9 Å². The van der Waals surface area contributed by atoms with Gasteiger partial charge in [-0.1, -0.05) is 54.9 Å². The van der Waals surface area contributed by atoms with E-state index in [0.717, 1.165) is 35.6 Å². The molecule has 0 aliphatic rings. The summed E-state index contributed by atoms with van der Waals surface area (Å²) in [7, 11) is 0. The third-order valence-electron chi connectivity index (χ3n) is 5.77. The van der Waals surface area contributed by atoms with Gasteiger partial charge in [0.05, 0.1) is 0 Å². The quantitative estimate of drug-likeness (QED) is 0.136. The van der Waals surface area contributed by atoms with Crippen LogP contribution in [0.3, 0.4) is 0 Å². The molecule has 0 spiro atoms. The van der Waals surface area contributed by atoms with Crippen molar-refractivity contribution in [3.8, 4) is 0 Å². The van der Waals surface area contributed by atoms with E-state index in [-0.39, 0.29) is 40.1 Å². The molecule has 0 fully saturated rings. The van der Waals surface area contributed by atoms with Gasteiger partial charge in [0.2, 0.25) is 0 Å². The van der Waals surface area contributed by atoms with Crippen molar-refractivity contribution in [2.75, 3.05) is 24.6 Å². The second-order valence-corrected chi connectivity index (χ2v) is 8.95. The number of Topliss-reactive ketones (excluding diaryl/α,β-unsaturated/α-hetero) is 1. The highest BCUT2D eigenvalue weighted by Crippen LogP contribution is 2.21. The monoisotopic (exact) mass is 511 g/mol. The molecule has 36 heavy (non-hydrogen) atoms. The summed E-state index contributed by atoms with van der Waals surface area (Å²) in [4.78, 5) is 31.4. The van der Waals surface area contributed by atoms with E-state index in [2.05, 4.69) is 50.9 Å². The van der Waals surface area contributed by atoms with E-state index in [1.165, 1.54) is 5.56 Å². The maximum atomic E-state index is 12.2. The zero-order valence-electron chi connectivity index (χ0n) is 20.0. The highest BCUT2D eigenvalue weighted by atomic mass is 35.5. The fourth-order valence-electron chi connectivity index (χ4n) is 3.74. The fourth-order valence-corrected chi connectivity index (χ4v) is 3.87. The Balaban J connectivity index is 1.43. The average Bonchev–Trinajstić information content (AvgIpc) is 2.85. The Morgan fingerprint density at radius 2 is 1.72 bits per heavy atom. The topological polar surface area (TPSA) is 180 Å². The molecule has 10 nitrogen and oxygen atoms in total. The summed E-state index contributed by atoms with van der Waals surface area (Å²) in [6.45, 7) is 1.91. The number of nitrogens with two attached hydrogens (primary N) is 2. The van der Waals surface area contributed by atoms with Crippen LogP contribution in [0, 0.1) is 11.3 Å². The lowest BCUT2D eigenvalue weighted by Gasteiger charge is -2.11. The summed E-state index contributed by atoms with van der Waals surface area (Å²) in [6, 6.07) is 12.5. The molecule has 1 heterocycles. The van der Waals surface area contributed by atoms with Crippen molar-refractivity contribution in [2.45, 2.75) is 32.6 Å². The first-order valence-corrected chi connectivity index (χ1v) is 11.9. The molecule has 0 unspecified atom stereocenters. The van der Waals surface area contributed by atoms with Gasteiger partial charge >= 0.3 is 0 Å². The fraction of sp³-hybridized carbons (Fsp3) is 0.320. The summed E-state index contributed by atoms with van der Waals surface area (Å²) in [5.41, 5.74) is 13.2. The molecule has 8 N–H and O–H groups in total. The molecular formula is C25H30ClN7O3. The smallest absolute Gasteiger partial charge is 0.280 e. The van der Waals surface area contributed by atoms with Crippen molar-refractivity contribution in [1.29, 1.82) is 5.41 Å². The van der Waals surface area contributed by atoms with Gasteiger partial charge in [0, 0.05) is 12.5 Å². The summed E-state index contributed by atoms with van der Waals surface area (Å²) in [5.74, 6) is -1.48. The number of aryl methyl sites for hydroxylation is 1. The van der Waals surface area contributed by atoms with Crippen LogP contribution in [0.25, 0.3) is 10.8 Å². The number of rotatable bonds is 10. The predicted octanol–water partition coefficient (Wildman–Crippen LogP) is 2.46.